The standard InChI is InChI=1S/C27H22Cl2N2O5/c1-3-35-23-14-18(13-21(29)24(23)36-15-17-10-8-16(2)9-11-17)12-19-25(32)30-27(34)31(26(19)33)22-7-5-4-6-20(22)28/h4-14H,3,15H2,1-2H3,(H,30,32,34)/b19-12+. The fraction of sp³-hybridized carbons (Fsp3) is 0.148. The number of halogens is 2. The van der Waals surface area contributed by atoms with Crippen molar-refractivity contribution in [2.45, 2.75) is 20.5 Å². The van der Waals surface area contributed by atoms with Crippen LogP contribution in [-0.4, -0.2) is 24.5 Å². The predicted octanol–water partition coefficient (Wildman–Crippen LogP) is 5.95. The van der Waals surface area contributed by atoms with Crippen molar-refractivity contribution in [3.8, 4) is 11.5 Å². The van der Waals surface area contributed by atoms with E-state index in [0.717, 1.165) is 16.0 Å². The van der Waals surface area contributed by atoms with Gasteiger partial charge in [0.1, 0.15) is 12.2 Å². The first-order chi connectivity index (χ1) is 17.3. The maximum atomic E-state index is 13.2. The minimum absolute atomic E-state index is 0.160. The molecule has 1 fully saturated rings. The van der Waals surface area contributed by atoms with Crippen molar-refractivity contribution in [2.75, 3.05) is 11.5 Å². The third-order valence-electron chi connectivity index (χ3n) is 5.34. The van der Waals surface area contributed by atoms with Crippen molar-refractivity contribution in [1.82, 2.24) is 5.32 Å². The summed E-state index contributed by atoms with van der Waals surface area (Å²) >= 11 is 12.7. The van der Waals surface area contributed by atoms with Gasteiger partial charge in [-0.3, -0.25) is 14.9 Å². The summed E-state index contributed by atoms with van der Waals surface area (Å²) in [6, 6.07) is 16.5. The van der Waals surface area contributed by atoms with E-state index in [1.54, 1.807) is 30.3 Å². The average Bonchev–Trinajstić information content (AvgIpc) is 2.83. The number of benzene rings is 3. The molecule has 4 amide bonds. The number of barbiturate groups is 1. The van der Waals surface area contributed by atoms with Crippen LogP contribution >= 0.6 is 23.2 Å². The van der Waals surface area contributed by atoms with Gasteiger partial charge >= 0.3 is 6.03 Å². The first-order valence-corrected chi connectivity index (χ1v) is 11.8. The monoisotopic (exact) mass is 524 g/mol. The number of carbonyl (C=O) groups is 3. The lowest BCUT2D eigenvalue weighted by molar-refractivity contribution is -0.122. The number of amides is 4. The normalized spacial score (nSPS) is 14.7. The van der Waals surface area contributed by atoms with Crippen molar-refractivity contribution in [2.24, 2.45) is 0 Å². The summed E-state index contributed by atoms with van der Waals surface area (Å²) in [4.78, 5) is 39.0. The minimum atomic E-state index is -0.886. The molecule has 4 rings (SSSR count). The summed E-state index contributed by atoms with van der Waals surface area (Å²) in [7, 11) is 0. The van der Waals surface area contributed by atoms with Crippen LogP contribution in [0.2, 0.25) is 10.0 Å². The largest absolute Gasteiger partial charge is 0.490 e. The van der Waals surface area contributed by atoms with Crippen LogP contribution in [0, 0.1) is 6.92 Å². The molecular formula is C27H22Cl2N2O5. The quantitative estimate of drug-likeness (QED) is 0.305. The molecule has 7 nitrogen and oxygen atoms in total. The van der Waals surface area contributed by atoms with Crippen molar-refractivity contribution in [3.63, 3.8) is 0 Å². The van der Waals surface area contributed by atoms with Gasteiger partial charge in [0.15, 0.2) is 11.5 Å². The highest BCUT2D eigenvalue weighted by Crippen LogP contribution is 2.38. The number of ether oxygens (including phenoxy) is 2. The maximum absolute atomic E-state index is 13.2. The van der Waals surface area contributed by atoms with Crippen LogP contribution in [-0.2, 0) is 16.2 Å². The van der Waals surface area contributed by atoms with Gasteiger partial charge in [-0.15, -0.1) is 0 Å². The molecule has 1 heterocycles. The molecule has 1 saturated heterocycles. The molecule has 0 bridgehead atoms. The Morgan fingerprint density at radius 3 is 2.36 bits per heavy atom. The van der Waals surface area contributed by atoms with Crippen LogP contribution in [0.5, 0.6) is 11.5 Å². The number of para-hydroxylation sites is 1. The molecule has 3 aromatic carbocycles. The Balaban J connectivity index is 1.66. The molecule has 0 radical (unpaired) electrons. The zero-order chi connectivity index (χ0) is 25.8. The number of nitrogens with zero attached hydrogens (tertiary/aromatic N) is 1. The number of hydrogen-bond donors (Lipinski definition) is 1. The third kappa shape index (κ3) is 5.37. The highest BCUT2D eigenvalue weighted by Gasteiger charge is 2.37. The molecule has 0 aliphatic carbocycles. The van der Waals surface area contributed by atoms with E-state index in [4.69, 9.17) is 32.7 Å². The van der Waals surface area contributed by atoms with Crippen LogP contribution in [0.15, 0.2) is 66.2 Å². The molecule has 0 aromatic heterocycles. The highest BCUT2D eigenvalue weighted by molar-refractivity contribution is 6.42. The second-order valence-electron chi connectivity index (χ2n) is 7.95. The lowest BCUT2D eigenvalue weighted by Gasteiger charge is -2.27. The van der Waals surface area contributed by atoms with E-state index < -0.39 is 17.8 Å². The summed E-state index contributed by atoms with van der Waals surface area (Å²) in [5, 5.41) is 2.60. The van der Waals surface area contributed by atoms with Gasteiger partial charge < -0.3 is 9.47 Å². The summed E-state index contributed by atoms with van der Waals surface area (Å²) in [6.45, 7) is 4.43. The van der Waals surface area contributed by atoms with Crippen LogP contribution in [0.1, 0.15) is 23.6 Å². The van der Waals surface area contributed by atoms with Crippen LogP contribution in [0.25, 0.3) is 6.08 Å². The van der Waals surface area contributed by atoms with E-state index in [1.807, 2.05) is 38.1 Å². The summed E-state index contributed by atoms with van der Waals surface area (Å²) < 4.78 is 11.7. The Hall–Kier alpha value is -3.81. The van der Waals surface area contributed by atoms with Gasteiger partial charge in [-0.1, -0.05) is 65.2 Å². The van der Waals surface area contributed by atoms with Crippen molar-refractivity contribution in [3.05, 3.63) is 93.0 Å². The van der Waals surface area contributed by atoms with Crippen molar-refractivity contribution >= 4 is 52.8 Å². The average molecular weight is 525 g/mol. The summed E-state index contributed by atoms with van der Waals surface area (Å²) in [5.41, 5.74) is 2.41. The summed E-state index contributed by atoms with van der Waals surface area (Å²) in [6.07, 6.45) is 1.34. The SMILES string of the molecule is CCOc1cc(/C=C2\C(=O)NC(=O)N(c3ccccc3Cl)C2=O)cc(Cl)c1OCc1ccc(C)cc1. The number of anilines is 1. The molecule has 1 aliphatic rings. The van der Waals surface area contributed by atoms with Crippen LogP contribution in [0.3, 0.4) is 0 Å². The molecule has 184 valence electrons. The zero-order valence-corrected chi connectivity index (χ0v) is 21.0. The van der Waals surface area contributed by atoms with Gasteiger partial charge in [0.05, 0.1) is 22.3 Å². The minimum Gasteiger partial charge on any atom is -0.490 e. The van der Waals surface area contributed by atoms with Crippen molar-refractivity contribution in [1.29, 1.82) is 0 Å². The highest BCUT2D eigenvalue weighted by atomic mass is 35.5. The molecule has 0 spiro atoms. The van der Waals surface area contributed by atoms with E-state index in [1.165, 1.54) is 12.1 Å². The molecule has 3 aromatic rings. The second kappa shape index (κ2) is 10.8. The lowest BCUT2D eigenvalue weighted by Crippen LogP contribution is -2.54. The van der Waals surface area contributed by atoms with Crippen LogP contribution < -0.4 is 19.7 Å². The Bertz CT molecular complexity index is 1370. The molecule has 1 aliphatic heterocycles. The lowest BCUT2D eigenvalue weighted by atomic mass is 10.1. The molecule has 0 saturated carbocycles. The number of hydrogen-bond acceptors (Lipinski definition) is 5. The van der Waals surface area contributed by atoms with E-state index >= 15 is 0 Å². The molecular weight excluding hydrogens is 503 g/mol. The second-order valence-corrected chi connectivity index (χ2v) is 8.76. The molecule has 36 heavy (non-hydrogen) atoms. The molecule has 9 heteroatoms. The van der Waals surface area contributed by atoms with E-state index in [2.05, 4.69) is 5.32 Å². The first-order valence-electron chi connectivity index (χ1n) is 11.1. The van der Waals surface area contributed by atoms with Gasteiger partial charge in [-0.05, 0) is 55.3 Å². The topological polar surface area (TPSA) is 84.9 Å². The summed E-state index contributed by atoms with van der Waals surface area (Å²) in [5.74, 6) is -0.951. The molecule has 1 N–H and O–H groups in total. The smallest absolute Gasteiger partial charge is 0.335 e. The van der Waals surface area contributed by atoms with Gasteiger partial charge in [0.25, 0.3) is 11.8 Å². The molecule has 0 unspecified atom stereocenters. The Kier molecular flexibility index (Phi) is 7.62. The van der Waals surface area contributed by atoms with E-state index in [9.17, 15) is 14.4 Å². The first kappa shape index (κ1) is 25.3. The molecule has 0 atom stereocenters. The zero-order valence-electron chi connectivity index (χ0n) is 19.5. The Morgan fingerprint density at radius 2 is 1.67 bits per heavy atom. The fourth-order valence-electron chi connectivity index (χ4n) is 3.59. The number of imide groups is 2. The van der Waals surface area contributed by atoms with E-state index in [-0.39, 0.29) is 27.9 Å². The third-order valence-corrected chi connectivity index (χ3v) is 5.94. The predicted molar refractivity (Wildman–Crippen MR) is 139 cm³/mol. The number of nitrogens with one attached hydrogen (secondary N) is 1. The number of carbonyl (C=O) groups excluding carboxylic acids is 3. The van der Waals surface area contributed by atoms with Gasteiger partial charge in [-0.2, -0.15) is 0 Å². The fourth-order valence-corrected chi connectivity index (χ4v) is 4.08. The Morgan fingerprint density at radius 1 is 0.944 bits per heavy atom. The number of rotatable bonds is 7. The maximum Gasteiger partial charge on any atom is 0.335 e. The van der Waals surface area contributed by atoms with Gasteiger partial charge in [-0.25, -0.2) is 9.69 Å². The Labute approximate surface area is 218 Å². The van der Waals surface area contributed by atoms with Gasteiger partial charge in [0.2, 0.25) is 0 Å². The number of aryl methyl sites for hydroxylation is 1. The van der Waals surface area contributed by atoms with E-state index in [0.29, 0.717) is 23.7 Å². The number of urea groups is 1. The van der Waals surface area contributed by atoms with Crippen molar-refractivity contribution < 1.29 is 23.9 Å². The van der Waals surface area contributed by atoms with Gasteiger partial charge in [0, 0.05) is 0 Å². The van der Waals surface area contributed by atoms with Crippen LogP contribution in [0.4, 0.5) is 10.5 Å².